The van der Waals surface area contributed by atoms with Crippen LogP contribution in [0.25, 0.3) is 0 Å². The Bertz CT molecular complexity index is 259. The molecule has 0 aromatic carbocycles. The highest BCUT2D eigenvalue weighted by Crippen LogP contribution is 2.09. The molecule has 1 unspecified atom stereocenters. The summed E-state index contributed by atoms with van der Waals surface area (Å²) in [6.07, 6.45) is 6.52. The molecule has 0 aliphatic rings. The molecule has 0 fully saturated rings. The third-order valence-electron chi connectivity index (χ3n) is 2.04. The maximum atomic E-state index is 10.8. The highest BCUT2D eigenvalue weighted by molar-refractivity contribution is 7.86. The van der Waals surface area contributed by atoms with Crippen LogP contribution in [0.5, 0.6) is 0 Å². The third kappa shape index (κ3) is 9.87. The lowest BCUT2D eigenvalue weighted by atomic mass is 10.1. The molecule has 0 aliphatic heterocycles. The van der Waals surface area contributed by atoms with Crippen molar-refractivity contribution in [1.82, 2.24) is 0 Å². The summed E-state index contributed by atoms with van der Waals surface area (Å²) in [6.45, 7) is 2.13. The molecule has 5 heteroatoms. The van der Waals surface area contributed by atoms with E-state index < -0.39 is 16.2 Å². The van der Waals surface area contributed by atoms with Crippen LogP contribution >= 0.6 is 0 Å². The van der Waals surface area contributed by atoms with Crippen LogP contribution in [-0.4, -0.2) is 27.1 Å². The molecule has 0 saturated heterocycles. The largest absolute Gasteiger partial charge is 0.300 e. The Kier molecular flexibility index (Phi) is 7.60. The van der Waals surface area contributed by atoms with Crippen molar-refractivity contribution in [3.63, 3.8) is 0 Å². The van der Waals surface area contributed by atoms with Gasteiger partial charge in [-0.15, -0.1) is 0 Å². The number of hydrogen-bond acceptors (Lipinski definition) is 4. The van der Waals surface area contributed by atoms with Gasteiger partial charge in [0.15, 0.2) is 0 Å². The van der Waals surface area contributed by atoms with Gasteiger partial charge in [0.25, 0.3) is 10.1 Å². The standard InChI is InChI=1S/C10H20O4S/c1-3-4-5-6-7-8-10(9-11)14-15(2,12)13/h9-10H,3-8H2,1-2H3. The van der Waals surface area contributed by atoms with Gasteiger partial charge in [-0.2, -0.15) is 8.42 Å². The summed E-state index contributed by atoms with van der Waals surface area (Å²) in [7, 11) is -3.51. The van der Waals surface area contributed by atoms with E-state index >= 15 is 0 Å². The molecule has 4 nitrogen and oxygen atoms in total. The first-order valence-electron chi connectivity index (χ1n) is 5.33. The average Bonchev–Trinajstić information content (AvgIpc) is 2.14. The number of carbonyl (C=O) groups excluding carboxylic acids is 1. The first-order valence-corrected chi connectivity index (χ1v) is 7.14. The average molecular weight is 236 g/mol. The van der Waals surface area contributed by atoms with E-state index in [4.69, 9.17) is 0 Å². The fraction of sp³-hybridized carbons (Fsp3) is 0.900. The van der Waals surface area contributed by atoms with Crippen molar-refractivity contribution in [1.29, 1.82) is 0 Å². The molecule has 0 radical (unpaired) electrons. The predicted octanol–water partition coefficient (Wildman–Crippen LogP) is 1.89. The van der Waals surface area contributed by atoms with Crippen molar-refractivity contribution in [2.45, 2.75) is 51.6 Å². The molecule has 0 amide bonds. The number of unbranched alkanes of at least 4 members (excludes halogenated alkanes) is 4. The van der Waals surface area contributed by atoms with Gasteiger partial charge in [-0.05, 0) is 6.42 Å². The van der Waals surface area contributed by atoms with Crippen LogP contribution in [0.1, 0.15) is 45.4 Å². The van der Waals surface area contributed by atoms with E-state index in [1.165, 1.54) is 6.42 Å². The van der Waals surface area contributed by atoms with E-state index in [0.29, 0.717) is 12.7 Å². The summed E-state index contributed by atoms with van der Waals surface area (Å²) in [4.78, 5) is 10.5. The molecule has 0 N–H and O–H groups in total. The van der Waals surface area contributed by atoms with Crippen LogP contribution in [0.15, 0.2) is 0 Å². The zero-order chi connectivity index (χ0) is 11.7. The van der Waals surface area contributed by atoms with E-state index in [2.05, 4.69) is 11.1 Å². The zero-order valence-electron chi connectivity index (χ0n) is 9.44. The van der Waals surface area contributed by atoms with Gasteiger partial charge >= 0.3 is 0 Å². The SMILES string of the molecule is CCCCCCCC(C=O)OS(C)(=O)=O. The molecule has 0 saturated carbocycles. The van der Waals surface area contributed by atoms with Crippen LogP contribution in [0.4, 0.5) is 0 Å². The minimum atomic E-state index is -3.51. The lowest BCUT2D eigenvalue weighted by Gasteiger charge is -2.09. The molecule has 0 aromatic rings. The molecule has 0 rings (SSSR count). The van der Waals surface area contributed by atoms with E-state index in [1.54, 1.807) is 0 Å². The Morgan fingerprint density at radius 3 is 2.27 bits per heavy atom. The summed E-state index contributed by atoms with van der Waals surface area (Å²) in [5.74, 6) is 0. The van der Waals surface area contributed by atoms with Crippen molar-refractivity contribution < 1.29 is 17.4 Å². The fourth-order valence-corrected chi connectivity index (χ4v) is 1.90. The van der Waals surface area contributed by atoms with Crippen molar-refractivity contribution in [3.05, 3.63) is 0 Å². The maximum Gasteiger partial charge on any atom is 0.265 e. The maximum absolute atomic E-state index is 10.8. The van der Waals surface area contributed by atoms with E-state index in [-0.39, 0.29) is 0 Å². The minimum absolute atomic E-state index is 0.486. The number of carbonyl (C=O) groups is 1. The van der Waals surface area contributed by atoms with Crippen molar-refractivity contribution in [2.24, 2.45) is 0 Å². The van der Waals surface area contributed by atoms with Crippen molar-refractivity contribution in [2.75, 3.05) is 6.26 Å². The van der Waals surface area contributed by atoms with Gasteiger partial charge < -0.3 is 4.79 Å². The first-order chi connectivity index (χ1) is 6.99. The quantitative estimate of drug-likeness (QED) is 0.348. The topological polar surface area (TPSA) is 60.4 Å². The Balaban J connectivity index is 3.67. The molecular weight excluding hydrogens is 216 g/mol. The van der Waals surface area contributed by atoms with E-state index in [9.17, 15) is 13.2 Å². The van der Waals surface area contributed by atoms with E-state index in [1.807, 2.05) is 0 Å². The Morgan fingerprint density at radius 2 is 1.80 bits per heavy atom. The molecule has 0 heterocycles. The van der Waals surface area contributed by atoms with Gasteiger partial charge in [0, 0.05) is 0 Å². The zero-order valence-corrected chi connectivity index (χ0v) is 10.3. The van der Waals surface area contributed by atoms with E-state index in [0.717, 1.165) is 31.9 Å². The second kappa shape index (κ2) is 7.82. The molecule has 0 bridgehead atoms. The van der Waals surface area contributed by atoms with Gasteiger partial charge in [0.2, 0.25) is 0 Å². The van der Waals surface area contributed by atoms with Gasteiger partial charge in [0.1, 0.15) is 12.4 Å². The molecule has 15 heavy (non-hydrogen) atoms. The Morgan fingerprint density at radius 1 is 1.20 bits per heavy atom. The molecule has 90 valence electrons. The molecule has 0 aromatic heterocycles. The van der Waals surface area contributed by atoms with Gasteiger partial charge in [0.05, 0.1) is 6.26 Å². The summed E-state index contributed by atoms with van der Waals surface area (Å²) >= 11 is 0. The van der Waals surface area contributed by atoms with Crippen molar-refractivity contribution >= 4 is 16.4 Å². The van der Waals surface area contributed by atoms with Crippen LogP contribution in [0.3, 0.4) is 0 Å². The van der Waals surface area contributed by atoms with Crippen molar-refractivity contribution in [3.8, 4) is 0 Å². The second-order valence-electron chi connectivity index (χ2n) is 3.68. The van der Waals surface area contributed by atoms with Crippen LogP contribution in [0.2, 0.25) is 0 Å². The predicted molar refractivity (Wildman–Crippen MR) is 59.2 cm³/mol. The van der Waals surface area contributed by atoms with Crippen LogP contribution < -0.4 is 0 Å². The highest BCUT2D eigenvalue weighted by atomic mass is 32.2. The number of aldehydes is 1. The Hall–Kier alpha value is -0.420. The molecular formula is C10H20O4S. The summed E-state index contributed by atoms with van der Waals surface area (Å²) < 4.78 is 26.1. The molecule has 0 aliphatic carbocycles. The highest BCUT2D eigenvalue weighted by Gasteiger charge is 2.13. The van der Waals surface area contributed by atoms with Gasteiger partial charge in [-0.25, -0.2) is 0 Å². The van der Waals surface area contributed by atoms with Crippen LogP contribution in [0, 0.1) is 0 Å². The fourth-order valence-electron chi connectivity index (χ4n) is 1.31. The summed E-state index contributed by atoms with van der Waals surface area (Å²) in [6, 6.07) is 0. The van der Waals surface area contributed by atoms with Crippen LogP contribution in [-0.2, 0) is 19.1 Å². The number of hydrogen-bond donors (Lipinski definition) is 0. The molecule has 0 spiro atoms. The third-order valence-corrected chi connectivity index (χ3v) is 2.64. The van der Waals surface area contributed by atoms with Gasteiger partial charge in [-0.3, -0.25) is 4.18 Å². The summed E-state index contributed by atoms with van der Waals surface area (Å²) in [5.41, 5.74) is 0. The number of rotatable bonds is 9. The second-order valence-corrected chi connectivity index (χ2v) is 5.28. The normalized spacial score (nSPS) is 13.7. The lowest BCUT2D eigenvalue weighted by Crippen LogP contribution is -2.18. The minimum Gasteiger partial charge on any atom is -0.300 e. The molecule has 1 atom stereocenters. The lowest BCUT2D eigenvalue weighted by molar-refractivity contribution is -0.113. The Labute approximate surface area is 92.1 Å². The monoisotopic (exact) mass is 236 g/mol. The van der Waals surface area contributed by atoms with Gasteiger partial charge in [-0.1, -0.05) is 39.0 Å². The smallest absolute Gasteiger partial charge is 0.265 e. The first kappa shape index (κ1) is 14.6. The summed E-state index contributed by atoms with van der Waals surface area (Å²) in [5, 5.41) is 0.